The number of hydrogen-bond donors (Lipinski definition) is 0. The summed E-state index contributed by atoms with van der Waals surface area (Å²) in [4.78, 5) is 39.8. The van der Waals surface area contributed by atoms with Crippen LogP contribution in [0.2, 0.25) is 0 Å². The average Bonchev–Trinajstić information content (AvgIpc) is 1.79. The minimum Gasteiger partial charge on any atom is -0.339 e. The maximum absolute atomic E-state index is 9.99. The molecule has 0 unspecified atom stereocenters. The van der Waals surface area contributed by atoms with Crippen LogP contribution in [0.15, 0.2) is 0 Å². The Bertz CT molecular complexity index is 196. The normalized spacial score (nSPS) is 7.60. The summed E-state index contributed by atoms with van der Waals surface area (Å²) in [5.41, 5.74) is 0. The minimum absolute atomic E-state index is 0. The topological polar surface area (TPSA) is 68.3 Å². The van der Waals surface area contributed by atoms with E-state index in [1.165, 1.54) is 13.8 Å². The average molecular weight is 253 g/mol. The molecule has 0 aliphatic heterocycles. The summed E-state index contributed by atoms with van der Waals surface area (Å²) < 4.78 is 0. The first kappa shape index (κ1) is 19.5. The summed E-state index contributed by atoms with van der Waals surface area (Å²) in [5.74, 6) is -0.875. The number of hydrogen-bond acceptors (Lipinski definition) is 4. The second kappa shape index (κ2) is 11.0. The van der Waals surface area contributed by atoms with Crippen molar-refractivity contribution in [2.24, 2.45) is 0 Å². The number of rotatable bonds is 4. The fourth-order valence-electron chi connectivity index (χ4n) is 0.555. The molecule has 0 saturated heterocycles. The molecular formula is C10H14MnO4. The smallest absolute Gasteiger partial charge is 0.339 e. The van der Waals surface area contributed by atoms with Crippen LogP contribution in [-0.2, 0) is 36.2 Å². The molecule has 0 saturated carbocycles. The Hall–Kier alpha value is -1.06. The van der Waals surface area contributed by atoms with Crippen LogP contribution in [0.25, 0.3) is 0 Å². The van der Waals surface area contributed by atoms with Crippen molar-refractivity contribution in [1.82, 2.24) is 0 Å². The van der Waals surface area contributed by atoms with Crippen molar-refractivity contribution in [2.75, 3.05) is 0 Å². The van der Waals surface area contributed by atoms with E-state index in [9.17, 15) is 19.2 Å². The van der Waals surface area contributed by atoms with Crippen molar-refractivity contribution < 1.29 is 36.2 Å². The molecule has 85 valence electrons. The Morgan fingerprint density at radius 2 is 1.00 bits per heavy atom. The van der Waals surface area contributed by atoms with Gasteiger partial charge in [-0.2, -0.15) is 0 Å². The molecule has 0 heterocycles. The van der Waals surface area contributed by atoms with E-state index < -0.39 is 0 Å². The van der Waals surface area contributed by atoms with Crippen molar-refractivity contribution in [3.05, 3.63) is 13.8 Å². The molecule has 5 heteroatoms. The standard InChI is InChI=1S/2C5H7O2.Mn/c2*1-4(6)3-5(2)7;/h2*1,3H2,2H3;/q2*-1;+2. The van der Waals surface area contributed by atoms with Crippen molar-refractivity contribution >= 4 is 23.1 Å². The quantitative estimate of drug-likeness (QED) is 0.421. The molecule has 15 heavy (non-hydrogen) atoms. The third kappa shape index (κ3) is 32.2. The Morgan fingerprint density at radius 1 is 0.800 bits per heavy atom. The second-order valence-electron chi connectivity index (χ2n) is 2.83. The summed E-state index contributed by atoms with van der Waals surface area (Å²) in [5, 5.41) is 0. The van der Waals surface area contributed by atoms with Crippen molar-refractivity contribution in [3.8, 4) is 0 Å². The number of ketones is 4. The van der Waals surface area contributed by atoms with Gasteiger partial charge in [0.2, 0.25) is 0 Å². The maximum Gasteiger partial charge on any atom is 2.00 e. The van der Waals surface area contributed by atoms with E-state index in [-0.39, 0.29) is 53.0 Å². The first-order valence-electron chi connectivity index (χ1n) is 3.94. The van der Waals surface area contributed by atoms with Crippen LogP contribution in [0.4, 0.5) is 0 Å². The molecule has 0 bridgehead atoms. The van der Waals surface area contributed by atoms with Gasteiger partial charge in [-0.15, -0.1) is 0 Å². The predicted octanol–water partition coefficient (Wildman–Crippen LogP) is 0.735. The molecule has 0 fully saturated rings. The van der Waals surface area contributed by atoms with Gasteiger partial charge in [-0.3, -0.25) is 9.59 Å². The molecule has 4 nitrogen and oxygen atoms in total. The van der Waals surface area contributed by atoms with Crippen LogP contribution in [0.3, 0.4) is 0 Å². The Morgan fingerprint density at radius 3 is 1.00 bits per heavy atom. The van der Waals surface area contributed by atoms with E-state index in [4.69, 9.17) is 0 Å². The van der Waals surface area contributed by atoms with Gasteiger partial charge in [-0.1, -0.05) is 0 Å². The number of carbonyl (C=O) groups is 4. The summed E-state index contributed by atoms with van der Waals surface area (Å²) in [6, 6.07) is 0. The third-order valence-corrected chi connectivity index (χ3v) is 0.892. The zero-order chi connectivity index (χ0) is 11.7. The molecule has 1 radical (unpaired) electrons. The van der Waals surface area contributed by atoms with Crippen LogP contribution >= 0.6 is 0 Å². The van der Waals surface area contributed by atoms with Crippen LogP contribution in [0.5, 0.6) is 0 Å². The summed E-state index contributed by atoms with van der Waals surface area (Å²) in [7, 11) is 0. The predicted molar refractivity (Wildman–Crippen MR) is 51.3 cm³/mol. The van der Waals surface area contributed by atoms with Crippen molar-refractivity contribution in [1.29, 1.82) is 0 Å². The summed E-state index contributed by atoms with van der Waals surface area (Å²) >= 11 is 0. The van der Waals surface area contributed by atoms with E-state index in [0.717, 1.165) is 0 Å². The SMILES string of the molecule is [CH2-]C(=O)CC(C)=O.[CH2-]C(=O)CC(C)=O.[Mn+2]. The first-order chi connectivity index (χ1) is 6.25. The van der Waals surface area contributed by atoms with Gasteiger partial charge in [0.1, 0.15) is 11.6 Å². The molecule has 0 aromatic carbocycles. The minimum atomic E-state index is -0.312. The van der Waals surface area contributed by atoms with Crippen LogP contribution in [0.1, 0.15) is 26.7 Å². The van der Waals surface area contributed by atoms with Gasteiger partial charge in [-0.05, 0) is 13.8 Å². The van der Waals surface area contributed by atoms with Crippen molar-refractivity contribution in [2.45, 2.75) is 26.7 Å². The van der Waals surface area contributed by atoms with Gasteiger partial charge in [0.15, 0.2) is 0 Å². The maximum atomic E-state index is 9.99. The molecule has 0 aliphatic rings. The fourth-order valence-corrected chi connectivity index (χ4v) is 0.555. The molecule has 0 aromatic rings. The molecule has 0 rings (SSSR count). The monoisotopic (exact) mass is 253 g/mol. The zero-order valence-corrected chi connectivity index (χ0v) is 10.0. The number of carbonyl (C=O) groups excluding carboxylic acids is 4. The molecule has 0 spiro atoms. The summed E-state index contributed by atoms with van der Waals surface area (Å²) in [6.45, 7) is 8.77. The van der Waals surface area contributed by atoms with Crippen LogP contribution in [-0.4, -0.2) is 23.1 Å². The second-order valence-corrected chi connectivity index (χ2v) is 2.83. The molecule has 0 N–H and O–H groups in total. The third-order valence-electron chi connectivity index (χ3n) is 0.892. The Balaban J connectivity index is -0.000000180. The Kier molecular flexibility index (Phi) is 14.3. The van der Waals surface area contributed by atoms with Gasteiger partial charge in [0.05, 0.1) is 0 Å². The Labute approximate surface area is 100 Å². The van der Waals surface area contributed by atoms with Gasteiger partial charge in [0.25, 0.3) is 0 Å². The van der Waals surface area contributed by atoms with E-state index in [1.54, 1.807) is 0 Å². The molecule has 0 aliphatic carbocycles. The molecule has 0 aromatic heterocycles. The summed E-state index contributed by atoms with van der Waals surface area (Å²) in [6.07, 6.45) is -0.0556. The molecule has 0 atom stereocenters. The van der Waals surface area contributed by atoms with Gasteiger partial charge < -0.3 is 23.4 Å². The van der Waals surface area contributed by atoms with E-state index in [0.29, 0.717) is 0 Å². The van der Waals surface area contributed by atoms with E-state index >= 15 is 0 Å². The van der Waals surface area contributed by atoms with Gasteiger partial charge in [0, 0.05) is 24.4 Å². The van der Waals surface area contributed by atoms with Crippen LogP contribution in [0, 0.1) is 13.8 Å². The van der Waals surface area contributed by atoms with E-state index in [1.807, 2.05) is 0 Å². The van der Waals surface area contributed by atoms with E-state index in [2.05, 4.69) is 13.8 Å². The largest absolute Gasteiger partial charge is 2.00 e. The molecular weight excluding hydrogens is 239 g/mol. The first-order valence-corrected chi connectivity index (χ1v) is 3.94. The van der Waals surface area contributed by atoms with Gasteiger partial charge >= 0.3 is 17.1 Å². The van der Waals surface area contributed by atoms with Crippen LogP contribution < -0.4 is 0 Å². The zero-order valence-electron chi connectivity index (χ0n) is 8.84. The van der Waals surface area contributed by atoms with Crippen molar-refractivity contribution in [3.63, 3.8) is 0 Å². The van der Waals surface area contributed by atoms with Gasteiger partial charge in [-0.25, -0.2) is 0 Å². The fraction of sp³-hybridized carbons (Fsp3) is 0.400. The number of Topliss-reactive ketones (excluding diaryl/α,β-unsaturated/α-hetero) is 4. The molecule has 0 amide bonds.